The Bertz CT molecular complexity index is 658. The lowest BCUT2D eigenvalue weighted by molar-refractivity contribution is 0.594. The van der Waals surface area contributed by atoms with Crippen LogP contribution in [0.1, 0.15) is 0 Å². The van der Waals surface area contributed by atoms with E-state index in [1.165, 1.54) is 19.4 Å². The number of nitrogens with one attached hydrogen (secondary N) is 1. The molecule has 1 N–H and O–H groups in total. The number of anilines is 2. The second-order valence-corrected chi connectivity index (χ2v) is 5.72. The lowest BCUT2D eigenvalue weighted by atomic mass is 10.4. The van der Waals surface area contributed by atoms with E-state index in [9.17, 15) is 8.42 Å². The molecule has 2 rings (SSSR count). The fourth-order valence-electron chi connectivity index (χ4n) is 1.60. The molecule has 0 spiro atoms. The van der Waals surface area contributed by atoms with E-state index in [0.29, 0.717) is 11.5 Å². The second kappa shape index (κ2) is 5.23. The molecule has 0 unspecified atom stereocenters. The van der Waals surface area contributed by atoms with E-state index in [0.717, 1.165) is 4.31 Å². The smallest absolute Gasteiger partial charge is 0.268 e. The van der Waals surface area contributed by atoms with Crippen molar-refractivity contribution >= 4 is 21.5 Å². The third kappa shape index (κ3) is 2.50. The number of sulfonamides is 1. The SMILES string of the molecule is CNc1ccncc1S(=O)(=O)N(C)c1ccccn1. The maximum Gasteiger partial charge on any atom is 0.268 e. The number of aromatic nitrogens is 2. The van der Waals surface area contributed by atoms with Crippen molar-refractivity contribution in [3.63, 3.8) is 0 Å². The maximum atomic E-state index is 12.5. The molecule has 6 nitrogen and oxygen atoms in total. The van der Waals surface area contributed by atoms with Crippen molar-refractivity contribution in [2.24, 2.45) is 0 Å². The van der Waals surface area contributed by atoms with Crippen LogP contribution in [0.3, 0.4) is 0 Å². The average molecular weight is 278 g/mol. The van der Waals surface area contributed by atoms with Crippen LogP contribution in [0.25, 0.3) is 0 Å². The van der Waals surface area contributed by atoms with Gasteiger partial charge in [0.15, 0.2) is 0 Å². The Labute approximate surface area is 112 Å². The summed E-state index contributed by atoms with van der Waals surface area (Å²) in [5.41, 5.74) is 0.498. The fourth-order valence-corrected chi connectivity index (χ4v) is 2.89. The van der Waals surface area contributed by atoms with Crippen LogP contribution >= 0.6 is 0 Å². The van der Waals surface area contributed by atoms with E-state index in [1.54, 1.807) is 37.5 Å². The van der Waals surface area contributed by atoms with Crippen molar-refractivity contribution in [2.75, 3.05) is 23.7 Å². The van der Waals surface area contributed by atoms with Crippen LogP contribution in [0.5, 0.6) is 0 Å². The predicted octanol–water partition coefficient (Wildman–Crippen LogP) is 1.34. The van der Waals surface area contributed by atoms with Crippen molar-refractivity contribution in [1.29, 1.82) is 0 Å². The van der Waals surface area contributed by atoms with Gasteiger partial charge >= 0.3 is 0 Å². The van der Waals surface area contributed by atoms with Gasteiger partial charge in [0.05, 0.1) is 5.69 Å². The molecule has 2 aromatic rings. The van der Waals surface area contributed by atoms with Crippen molar-refractivity contribution in [2.45, 2.75) is 4.90 Å². The Balaban J connectivity index is 2.48. The van der Waals surface area contributed by atoms with Gasteiger partial charge in [0.1, 0.15) is 10.7 Å². The summed E-state index contributed by atoms with van der Waals surface area (Å²) in [6.07, 6.45) is 4.40. The van der Waals surface area contributed by atoms with Crippen LogP contribution in [0, 0.1) is 0 Å². The largest absolute Gasteiger partial charge is 0.387 e. The van der Waals surface area contributed by atoms with Gasteiger partial charge in [-0.3, -0.25) is 9.29 Å². The van der Waals surface area contributed by atoms with Crippen LogP contribution in [-0.2, 0) is 10.0 Å². The highest BCUT2D eigenvalue weighted by Crippen LogP contribution is 2.24. The molecule has 0 aliphatic carbocycles. The first-order valence-corrected chi connectivity index (χ1v) is 7.03. The Morgan fingerprint density at radius 1 is 1.21 bits per heavy atom. The minimum Gasteiger partial charge on any atom is -0.387 e. The Morgan fingerprint density at radius 2 is 2.00 bits per heavy atom. The highest BCUT2D eigenvalue weighted by molar-refractivity contribution is 7.93. The monoisotopic (exact) mass is 278 g/mol. The van der Waals surface area contributed by atoms with Gasteiger partial charge in [0.25, 0.3) is 10.0 Å². The molecule has 0 saturated carbocycles. The zero-order chi connectivity index (χ0) is 13.9. The highest BCUT2D eigenvalue weighted by atomic mass is 32.2. The van der Waals surface area contributed by atoms with Crippen LogP contribution in [0.2, 0.25) is 0 Å². The van der Waals surface area contributed by atoms with E-state index in [1.807, 2.05) is 0 Å². The lowest BCUT2D eigenvalue weighted by Crippen LogP contribution is -2.28. The fraction of sp³-hybridized carbons (Fsp3) is 0.167. The van der Waals surface area contributed by atoms with Gasteiger partial charge in [0, 0.05) is 32.7 Å². The number of rotatable bonds is 4. The molecule has 0 bridgehead atoms. The molecule has 0 aliphatic heterocycles. The molecular formula is C12H14N4O2S. The van der Waals surface area contributed by atoms with Crippen molar-refractivity contribution in [1.82, 2.24) is 9.97 Å². The summed E-state index contributed by atoms with van der Waals surface area (Å²) in [7, 11) is -0.565. The van der Waals surface area contributed by atoms with Crippen LogP contribution in [0.4, 0.5) is 11.5 Å². The van der Waals surface area contributed by atoms with Crippen molar-refractivity contribution < 1.29 is 8.42 Å². The number of hydrogen-bond acceptors (Lipinski definition) is 5. The van der Waals surface area contributed by atoms with E-state index >= 15 is 0 Å². The average Bonchev–Trinajstić information content (AvgIpc) is 2.47. The number of hydrogen-bond donors (Lipinski definition) is 1. The van der Waals surface area contributed by atoms with Gasteiger partial charge < -0.3 is 5.32 Å². The van der Waals surface area contributed by atoms with Gasteiger partial charge in [-0.05, 0) is 18.2 Å². The third-order valence-corrected chi connectivity index (χ3v) is 4.45. The summed E-state index contributed by atoms with van der Waals surface area (Å²) in [6.45, 7) is 0. The molecule has 2 heterocycles. The molecule has 100 valence electrons. The summed E-state index contributed by atoms with van der Waals surface area (Å²) in [6, 6.07) is 6.70. The van der Waals surface area contributed by atoms with Gasteiger partial charge in [-0.15, -0.1) is 0 Å². The predicted molar refractivity (Wildman–Crippen MR) is 73.6 cm³/mol. The third-order valence-electron chi connectivity index (χ3n) is 2.66. The molecule has 0 radical (unpaired) electrons. The summed E-state index contributed by atoms with van der Waals surface area (Å²) in [5.74, 6) is 0.355. The molecule has 19 heavy (non-hydrogen) atoms. The van der Waals surface area contributed by atoms with Crippen LogP contribution < -0.4 is 9.62 Å². The van der Waals surface area contributed by atoms with Crippen molar-refractivity contribution in [3.8, 4) is 0 Å². The van der Waals surface area contributed by atoms with Gasteiger partial charge in [-0.25, -0.2) is 13.4 Å². The van der Waals surface area contributed by atoms with E-state index in [4.69, 9.17) is 0 Å². The summed E-state index contributed by atoms with van der Waals surface area (Å²) < 4.78 is 26.2. The lowest BCUT2D eigenvalue weighted by Gasteiger charge is -2.19. The molecule has 0 aromatic carbocycles. The Hall–Kier alpha value is -2.15. The molecule has 0 aliphatic rings. The number of nitrogens with zero attached hydrogens (tertiary/aromatic N) is 3. The van der Waals surface area contributed by atoms with E-state index in [2.05, 4.69) is 15.3 Å². The first kappa shape index (κ1) is 13.3. The van der Waals surface area contributed by atoms with Gasteiger partial charge in [-0.2, -0.15) is 0 Å². The zero-order valence-electron chi connectivity index (χ0n) is 10.6. The first-order chi connectivity index (χ1) is 9.07. The van der Waals surface area contributed by atoms with Gasteiger partial charge in [-0.1, -0.05) is 6.07 Å². The van der Waals surface area contributed by atoms with Crippen LogP contribution in [-0.4, -0.2) is 32.5 Å². The molecular weight excluding hydrogens is 264 g/mol. The topological polar surface area (TPSA) is 75.2 Å². The van der Waals surface area contributed by atoms with Gasteiger partial charge in [0.2, 0.25) is 0 Å². The maximum absolute atomic E-state index is 12.5. The summed E-state index contributed by atoms with van der Waals surface area (Å²) in [4.78, 5) is 8.02. The van der Waals surface area contributed by atoms with Crippen LogP contribution in [0.15, 0.2) is 47.8 Å². The summed E-state index contributed by atoms with van der Waals surface area (Å²) in [5, 5.41) is 2.84. The quantitative estimate of drug-likeness (QED) is 0.913. The second-order valence-electron chi connectivity index (χ2n) is 3.78. The molecule has 0 atom stereocenters. The molecule has 0 saturated heterocycles. The zero-order valence-corrected chi connectivity index (χ0v) is 11.4. The molecule has 2 aromatic heterocycles. The normalized spacial score (nSPS) is 11.1. The Morgan fingerprint density at radius 3 is 2.63 bits per heavy atom. The first-order valence-electron chi connectivity index (χ1n) is 5.59. The number of pyridine rings is 2. The standard InChI is InChI=1S/C12H14N4O2S/c1-13-10-6-8-14-9-11(10)19(17,18)16(2)12-5-3-4-7-15-12/h3-9H,1-2H3,(H,13,14). The van der Waals surface area contributed by atoms with E-state index < -0.39 is 10.0 Å². The minimum atomic E-state index is -3.69. The molecule has 0 fully saturated rings. The molecule has 0 amide bonds. The van der Waals surface area contributed by atoms with Crippen molar-refractivity contribution in [3.05, 3.63) is 42.9 Å². The Kier molecular flexibility index (Phi) is 3.66. The highest BCUT2D eigenvalue weighted by Gasteiger charge is 2.25. The molecule has 7 heteroatoms. The van der Waals surface area contributed by atoms with E-state index in [-0.39, 0.29) is 4.90 Å². The minimum absolute atomic E-state index is 0.116. The summed E-state index contributed by atoms with van der Waals surface area (Å²) >= 11 is 0.